The third kappa shape index (κ3) is 5.15. The first-order chi connectivity index (χ1) is 15.7. The van der Waals surface area contributed by atoms with Crippen LogP contribution in [0.5, 0.6) is 11.5 Å². The van der Waals surface area contributed by atoms with Gasteiger partial charge in [0.05, 0.1) is 29.5 Å². The molecule has 0 radical (unpaired) electrons. The Morgan fingerprint density at radius 1 is 1.30 bits per heavy atom. The summed E-state index contributed by atoms with van der Waals surface area (Å²) >= 11 is 11.6. The van der Waals surface area contributed by atoms with Crippen molar-refractivity contribution >= 4 is 58.5 Å². The average molecular weight is 489 g/mol. The zero-order valence-electron chi connectivity index (χ0n) is 18.0. The molecule has 0 spiro atoms. The van der Waals surface area contributed by atoms with Crippen LogP contribution in [0.2, 0.25) is 5.02 Å². The Hall–Kier alpha value is -3.43. The molecule has 1 atom stereocenters. The molecule has 1 unspecified atom stereocenters. The maximum atomic E-state index is 13.2. The second-order valence-corrected chi connectivity index (χ2v) is 7.98. The molecule has 2 aromatic carbocycles. The Labute approximate surface area is 200 Å². The Kier molecular flexibility index (Phi) is 7.35. The molecule has 0 aromatic heterocycles. The number of carboxylic acid groups (broad SMARTS) is 1. The molecule has 2 amide bonds. The molecular formula is C23H21ClN2O6S. The molecule has 1 aliphatic heterocycles. The highest BCUT2D eigenvalue weighted by molar-refractivity contribution is 7.80. The molecule has 2 N–H and O–H groups in total. The SMILES string of the molecule is CCC(C)Oc1c(Cl)cc(C=C2C(=O)NC(=S)N(c3cccc(C(=O)O)c3)C2=O)cc1OC. The molecule has 0 aliphatic carbocycles. The quantitative estimate of drug-likeness (QED) is 0.344. The summed E-state index contributed by atoms with van der Waals surface area (Å²) in [5.41, 5.74) is 0.402. The second kappa shape index (κ2) is 10.0. The molecule has 0 bridgehead atoms. The summed E-state index contributed by atoms with van der Waals surface area (Å²) in [5, 5.41) is 11.8. The van der Waals surface area contributed by atoms with E-state index in [9.17, 15) is 19.5 Å². The number of carboxylic acids is 1. The molecule has 1 aliphatic rings. The van der Waals surface area contributed by atoms with Gasteiger partial charge in [-0.25, -0.2) is 4.79 Å². The number of carbonyl (C=O) groups is 3. The lowest BCUT2D eigenvalue weighted by Gasteiger charge is -2.29. The number of halogens is 1. The zero-order chi connectivity index (χ0) is 24.3. The predicted octanol–water partition coefficient (Wildman–Crippen LogP) is 4.06. The van der Waals surface area contributed by atoms with Crippen LogP contribution in [-0.4, -0.2) is 41.2 Å². The Balaban J connectivity index is 2.02. The number of carbonyl (C=O) groups excluding carboxylic acids is 2. The number of methoxy groups -OCH3 is 1. The number of rotatable bonds is 7. The molecule has 0 saturated carbocycles. The topological polar surface area (TPSA) is 105 Å². The van der Waals surface area contributed by atoms with Gasteiger partial charge >= 0.3 is 5.97 Å². The number of nitrogens with zero attached hydrogens (tertiary/aromatic N) is 1. The van der Waals surface area contributed by atoms with E-state index in [1.807, 2.05) is 13.8 Å². The maximum Gasteiger partial charge on any atom is 0.335 e. The van der Waals surface area contributed by atoms with Crippen LogP contribution in [0, 0.1) is 0 Å². The van der Waals surface area contributed by atoms with Gasteiger partial charge in [0.15, 0.2) is 16.6 Å². The first kappa shape index (κ1) is 24.2. The van der Waals surface area contributed by atoms with Crippen molar-refractivity contribution in [2.45, 2.75) is 26.4 Å². The number of anilines is 1. The molecule has 1 saturated heterocycles. The van der Waals surface area contributed by atoms with E-state index in [4.69, 9.17) is 33.3 Å². The largest absolute Gasteiger partial charge is 0.493 e. The van der Waals surface area contributed by atoms with Gasteiger partial charge in [0, 0.05) is 0 Å². The minimum atomic E-state index is -1.16. The molecule has 8 nitrogen and oxygen atoms in total. The number of hydrogen-bond donors (Lipinski definition) is 2. The molecule has 1 heterocycles. The lowest BCUT2D eigenvalue weighted by atomic mass is 10.1. The number of thiocarbonyl (C=S) groups is 1. The fourth-order valence-electron chi connectivity index (χ4n) is 3.06. The van der Waals surface area contributed by atoms with Crippen LogP contribution in [0.1, 0.15) is 36.2 Å². The van der Waals surface area contributed by atoms with Gasteiger partial charge in [0.2, 0.25) is 0 Å². The molecule has 172 valence electrons. The van der Waals surface area contributed by atoms with Crippen molar-refractivity contribution in [3.8, 4) is 11.5 Å². The van der Waals surface area contributed by atoms with Crippen molar-refractivity contribution in [1.82, 2.24) is 5.32 Å². The van der Waals surface area contributed by atoms with E-state index >= 15 is 0 Å². The van der Waals surface area contributed by atoms with Gasteiger partial charge in [-0.15, -0.1) is 0 Å². The summed E-state index contributed by atoms with van der Waals surface area (Å²) in [6.07, 6.45) is 2.02. The zero-order valence-corrected chi connectivity index (χ0v) is 19.6. The highest BCUT2D eigenvalue weighted by Crippen LogP contribution is 2.38. The van der Waals surface area contributed by atoms with Crippen LogP contribution in [0.3, 0.4) is 0 Å². The molecule has 33 heavy (non-hydrogen) atoms. The number of nitrogens with one attached hydrogen (secondary N) is 1. The number of aromatic carboxylic acids is 1. The summed E-state index contributed by atoms with van der Waals surface area (Å²) in [5.74, 6) is -1.84. The van der Waals surface area contributed by atoms with E-state index in [0.29, 0.717) is 17.1 Å². The number of hydrogen-bond acceptors (Lipinski definition) is 6. The molecule has 10 heteroatoms. The summed E-state index contributed by atoms with van der Waals surface area (Å²) in [6.45, 7) is 3.87. The summed E-state index contributed by atoms with van der Waals surface area (Å²) in [6, 6.07) is 8.83. The van der Waals surface area contributed by atoms with Crippen molar-refractivity contribution in [3.63, 3.8) is 0 Å². The first-order valence-corrected chi connectivity index (χ1v) is 10.7. The minimum absolute atomic E-state index is 0.0288. The van der Waals surface area contributed by atoms with Crippen molar-refractivity contribution in [3.05, 3.63) is 58.1 Å². The Morgan fingerprint density at radius 2 is 2.03 bits per heavy atom. The lowest BCUT2D eigenvalue weighted by Crippen LogP contribution is -2.54. The van der Waals surface area contributed by atoms with Crippen LogP contribution >= 0.6 is 23.8 Å². The van der Waals surface area contributed by atoms with Gasteiger partial charge < -0.3 is 14.6 Å². The summed E-state index contributed by atoms with van der Waals surface area (Å²) in [7, 11) is 1.46. The monoisotopic (exact) mass is 488 g/mol. The Morgan fingerprint density at radius 3 is 2.67 bits per heavy atom. The third-order valence-corrected chi connectivity index (χ3v) is 5.48. The van der Waals surface area contributed by atoms with Gasteiger partial charge in [0.25, 0.3) is 11.8 Å². The second-order valence-electron chi connectivity index (χ2n) is 7.18. The van der Waals surface area contributed by atoms with Crippen LogP contribution < -0.4 is 19.7 Å². The van der Waals surface area contributed by atoms with Crippen LogP contribution in [0.15, 0.2) is 42.0 Å². The minimum Gasteiger partial charge on any atom is -0.493 e. The van der Waals surface area contributed by atoms with Crippen molar-refractivity contribution in [2.24, 2.45) is 0 Å². The van der Waals surface area contributed by atoms with E-state index in [1.54, 1.807) is 12.1 Å². The molecule has 2 aromatic rings. The number of amides is 2. The standard InChI is InChI=1S/C23H21ClN2O6S/c1-4-12(2)32-19-17(24)9-13(10-18(19)31-3)8-16-20(27)25-23(33)26(21(16)28)15-7-5-6-14(11-15)22(29)30/h5-12H,4H2,1-3H3,(H,29,30)(H,25,27,33). The molecule has 1 fully saturated rings. The molecule has 3 rings (SSSR count). The van der Waals surface area contributed by atoms with Crippen LogP contribution in [0.4, 0.5) is 5.69 Å². The van der Waals surface area contributed by atoms with Crippen LogP contribution in [-0.2, 0) is 9.59 Å². The predicted molar refractivity (Wildman–Crippen MR) is 128 cm³/mol. The van der Waals surface area contributed by atoms with Gasteiger partial charge in [-0.05, 0) is 67.5 Å². The van der Waals surface area contributed by atoms with E-state index in [2.05, 4.69) is 5.32 Å². The third-order valence-electron chi connectivity index (χ3n) is 4.91. The van der Waals surface area contributed by atoms with E-state index in [1.165, 1.54) is 37.5 Å². The first-order valence-electron chi connectivity index (χ1n) is 9.95. The van der Waals surface area contributed by atoms with E-state index in [0.717, 1.165) is 11.3 Å². The number of ether oxygens (including phenoxy) is 2. The van der Waals surface area contributed by atoms with Crippen LogP contribution in [0.25, 0.3) is 6.08 Å². The fraction of sp³-hybridized carbons (Fsp3) is 0.217. The fourth-order valence-corrected chi connectivity index (χ4v) is 3.60. The lowest BCUT2D eigenvalue weighted by molar-refractivity contribution is -0.122. The normalized spacial score (nSPS) is 15.9. The molecular weight excluding hydrogens is 468 g/mol. The van der Waals surface area contributed by atoms with Gasteiger partial charge in [-0.2, -0.15) is 0 Å². The van der Waals surface area contributed by atoms with Crippen molar-refractivity contribution < 1.29 is 29.0 Å². The van der Waals surface area contributed by atoms with Gasteiger partial charge in [-0.1, -0.05) is 24.6 Å². The van der Waals surface area contributed by atoms with E-state index in [-0.39, 0.29) is 33.1 Å². The average Bonchev–Trinajstić information content (AvgIpc) is 2.78. The Bertz CT molecular complexity index is 1180. The van der Waals surface area contributed by atoms with Crippen molar-refractivity contribution in [2.75, 3.05) is 12.0 Å². The van der Waals surface area contributed by atoms with Gasteiger partial charge in [-0.3, -0.25) is 19.8 Å². The highest BCUT2D eigenvalue weighted by atomic mass is 35.5. The maximum absolute atomic E-state index is 13.2. The summed E-state index contributed by atoms with van der Waals surface area (Å²) < 4.78 is 11.2. The summed E-state index contributed by atoms with van der Waals surface area (Å²) in [4.78, 5) is 38.1. The van der Waals surface area contributed by atoms with E-state index < -0.39 is 17.8 Å². The van der Waals surface area contributed by atoms with Crippen molar-refractivity contribution in [1.29, 1.82) is 0 Å². The van der Waals surface area contributed by atoms with Gasteiger partial charge in [0.1, 0.15) is 5.57 Å². The highest BCUT2D eigenvalue weighted by Gasteiger charge is 2.35. The number of benzene rings is 2. The smallest absolute Gasteiger partial charge is 0.335 e.